The molecule has 54 heavy (non-hydrogen) atoms. The smallest absolute Gasteiger partial charge is 0.147 e. The molecule has 0 heterocycles. The summed E-state index contributed by atoms with van der Waals surface area (Å²) in [5.41, 5.74) is 21.8. The Morgan fingerprint density at radius 1 is 0.556 bits per heavy atom. The van der Waals surface area contributed by atoms with E-state index in [1.807, 2.05) is 0 Å². The predicted octanol–water partition coefficient (Wildman–Crippen LogP) is 14.9. The van der Waals surface area contributed by atoms with E-state index >= 15 is 0 Å². The molecule has 2 unspecified atom stereocenters. The van der Waals surface area contributed by atoms with Gasteiger partial charge in [-0.25, -0.2) is 0 Å². The molecule has 4 aliphatic carbocycles. The molecule has 0 nitrogen and oxygen atoms in total. The first-order valence-electron chi connectivity index (χ1n) is 20.5. The zero-order valence-corrected chi connectivity index (χ0v) is 39.8. The monoisotopic (exact) mass is 852 g/mol. The maximum atomic E-state index is 2.89. The summed E-state index contributed by atoms with van der Waals surface area (Å²) in [5.74, 6) is 0. The third-order valence-corrected chi connectivity index (χ3v) is 31.7. The van der Waals surface area contributed by atoms with Crippen LogP contribution >= 0.6 is 24.8 Å². The predicted molar refractivity (Wildman–Crippen MR) is 241 cm³/mol. The van der Waals surface area contributed by atoms with Crippen LogP contribution in [0.2, 0.25) is 9.26 Å². The van der Waals surface area contributed by atoms with Crippen molar-refractivity contribution in [1.29, 1.82) is 0 Å². The summed E-state index contributed by atoms with van der Waals surface area (Å²) in [6.45, 7) is 16.8. The minimum absolute atomic E-state index is 0. The minimum atomic E-state index is -3.87. The van der Waals surface area contributed by atoms with Crippen LogP contribution in [0.25, 0.3) is 34.4 Å². The van der Waals surface area contributed by atoms with Crippen molar-refractivity contribution in [3.63, 3.8) is 0 Å². The largest absolute Gasteiger partial charge is 0.147 e. The quantitative estimate of drug-likeness (QED) is 0.155. The van der Waals surface area contributed by atoms with E-state index in [2.05, 4.69) is 143 Å². The van der Waals surface area contributed by atoms with E-state index in [0.717, 1.165) is 0 Å². The molecule has 286 valence electrons. The van der Waals surface area contributed by atoms with E-state index in [9.17, 15) is 0 Å². The molecule has 2 atom stereocenters. The molecular weight excluding hydrogens is 791 g/mol. The van der Waals surface area contributed by atoms with Crippen LogP contribution < -0.4 is 0 Å². The van der Waals surface area contributed by atoms with Gasteiger partial charge >= 0.3 is 320 Å². The van der Waals surface area contributed by atoms with Gasteiger partial charge in [0.2, 0.25) is 0 Å². The number of hydrogen-bond donors (Lipinski definition) is 0. The van der Waals surface area contributed by atoms with Gasteiger partial charge in [0.25, 0.3) is 0 Å². The van der Waals surface area contributed by atoms with Gasteiger partial charge in [-0.1, -0.05) is 0 Å². The Morgan fingerprint density at radius 2 is 0.889 bits per heavy atom. The molecule has 4 aromatic carbocycles. The van der Waals surface area contributed by atoms with Crippen molar-refractivity contribution >= 4 is 43.8 Å². The SMILES string of the molecule is Cc1cc(C)cc(-c2cccc3c2C=C(CC2(C)CCCC2)[CH]3[Zr]([CH3])([CH3])(=[SiH2])[CH]2C(CC3(C)CCCC3)=Cc3c(-c4cc(C)cc(C)c4)cccc32)c1.Cl.Cl. The van der Waals surface area contributed by atoms with Crippen molar-refractivity contribution in [3.8, 4) is 22.3 Å². The molecule has 0 N–H and O–H groups in total. The molecule has 0 saturated heterocycles. The van der Waals surface area contributed by atoms with Crippen LogP contribution in [-0.2, 0) is 17.4 Å². The molecule has 4 heteroatoms. The third-order valence-electron chi connectivity index (χ3n) is 14.1. The van der Waals surface area contributed by atoms with E-state index in [1.54, 1.807) is 22.3 Å². The molecule has 8 rings (SSSR count). The summed E-state index contributed by atoms with van der Waals surface area (Å²) in [6, 6.07) is 29.1. The zero-order chi connectivity index (χ0) is 36.7. The first-order chi connectivity index (χ1) is 24.6. The van der Waals surface area contributed by atoms with Crippen LogP contribution in [0.5, 0.6) is 0 Å². The van der Waals surface area contributed by atoms with E-state index in [1.165, 1.54) is 120 Å². The van der Waals surface area contributed by atoms with Crippen LogP contribution in [0.15, 0.2) is 83.9 Å². The Balaban J connectivity index is 0.00000249. The standard InChI is InChI=1S/2C24H27.2CH3.2ClH.H2Si.Zr/c2*1-17-11-18(2)13-21(12-17)22-8-6-7-20-14-19(15-23(20)22)16-24(3)9-4-5-10-24;;;;;;/h2*6-8,11-15H,4-5,9-10,16H2,1-3H3;2*1H3;2*1H;1H2;. The second-order valence-corrected chi connectivity index (χ2v) is 50.5. The summed E-state index contributed by atoms with van der Waals surface area (Å²) in [5, 5.41) is 0. The molecule has 0 radical (unpaired) electrons. The van der Waals surface area contributed by atoms with Gasteiger partial charge in [0.15, 0.2) is 0 Å². The molecular formula is C50H64Cl2SiZr. The van der Waals surface area contributed by atoms with Gasteiger partial charge in [-0.05, 0) is 0 Å². The Hall–Kier alpha value is -1.96. The van der Waals surface area contributed by atoms with Gasteiger partial charge in [-0.2, -0.15) is 0 Å². The fraction of sp³-hybridized carbons (Fsp3) is 0.440. The average Bonchev–Trinajstić information content (AvgIpc) is 3.85. The van der Waals surface area contributed by atoms with Gasteiger partial charge < -0.3 is 0 Å². The first-order valence-corrected chi connectivity index (χ1v) is 34.2. The van der Waals surface area contributed by atoms with E-state index in [-0.39, 0.29) is 24.8 Å². The molecule has 4 aliphatic rings. The van der Waals surface area contributed by atoms with Crippen molar-refractivity contribution in [2.24, 2.45) is 10.8 Å². The molecule has 0 aliphatic heterocycles. The van der Waals surface area contributed by atoms with Crippen LogP contribution in [0, 0.1) is 38.5 Å². The van der Waals surface area contributed by atoms with Crippen molar-refractivity contribution < 1.29 is 17.4 Å². The van der Waals surface area contributed by atoms with E-state index in [0.29, 0.717) is 18.1 Å². The third kappa shape index (κ3) is 7.58. The van der Waals surface area contributed by atoms with Crippen molar-refractivity contribution in [3.05, 3.63) is 128 Å². The maximum Gasteiger partial charge on any atom is -0.147 e. The van der Waals surface area contributed by atoms with E-state index in [4.69, 9.17) is 0 Å². The number of allylic oxidation sites excluding steroid dienone is 2. The molecule has 2 saturated carbocycles. The van der Waals surface area contributed by atoms with Crippen LogP contribution in [0.3, 0.4) is 0 Å². The topological polar surface area (TPSA) is 0 Å². The molecule has 0 bridgehead atoms. The van der Waals surface area contributed by atoms with Gasteiger partial charge in [0.1, 0.15) is 0 Å². The zero-order valence-electron chi connectivity index (χ0n) is 34.3. The number of rotatable bonds is 8. The molecule has 0 amide bonds. The summed E-state index contributed by atoms with van der Waals surface area (Å²) < 4.78 is 6.86. The number of aryl methyl sites for hydroxylation is 4. The molecule has 0 aromatic heterocycles. The van der Waals surface area contributed by atoms with Crippen molar-refractivity contribution in [2.45, 2.75) is 122 Å². The molecule has 2 fully saturated rings. The summed E-state index contributed by atoms with van der Waals surface area (Å²) in [4.78, 5) is 0. The van der Waals surface area contributed by atoms with Crippen molar-refractivity contribution in [2.75, 3.05) is 0 Å². The number of halogens is 2. The molecule has 4 aromatic rings. The summed E-state index contributed by atoms with van der Waals surface area (Å²) >= 11 is -3.87. The van der Waals surface area contributed by atoms with E-state index < -0.39 is 17.4 Å². The second-order valence-electron chi connectivity index (χ2n) is 20.0. The van der Waals surface area contributed by atoms with Crippen LogP contribution in [0.4, 0.5) is 0 Å². The fourth-order valence-electron chi connectivity index (χ4n) is 12.2. The summed E-state index contributed by atoms with van der Waals surface area (Å²) in [7, 11) is 0. The van der Waals surface area contributed by atoms with Gasteiger partial charge in [-0.15, -0.1) is 24.8 Å². The van der Waals surface area contributed by atoms with Crippen LogP contribution in [-0.4, -0.2) is 6.88 Å². The van der Waals surface area contributed by atoms with Gasteiger partial charge in [-0.3, -0.25) is 0 Å². The Labute approximate surface area is 342 Å². The van der Waals surface area contributed by atoms with Gasteiger partial charge in [0, 0.05) is 0 Å². The van der Waals surface area contributed by atoms with Crippen molar-refractivity contribution in [1.82, 2.24) is 0 Å². The van der Waals surface area contributed by atoms with Gasteiger partial charge in [0.05, 0.1) is 0 Å². The number of hydrogen-bond acceptors (Lipinski definition) is 0. The summed E-state index contributed by atoms with van der Waals surface area (Å²) in [6.07, 6.45) is 19.0. The average molecular weight is 855 g/mol. The number of fused-ring (bicyclic) bond motifs is 2. The second kappa shape index (κ2) is 15.1. The Bertz CT molecular complexity index is 2030. The fourth-order valence-corrected chi connectivity index (χ4v) is 31.9. The van der Waals surface area contributed by atoms with Crippen LogP contribution in [0.1, 0.15) is 130 Å². The normalized spacial score (nSPS) is 21.1. The first kappa shape index (κ1) is 41.7. The maximum absolute atomic E-state index is 3.87. The number of benzene rings is 4. The minimum Gasteiger partial charge on any atom is -0.147 e. The molecule has 0 spiro atoms. The Morgan fingerprint density at radius 3 is 1.22 bits per heavy atom. The Kier molecular flexibility index (Phi) is 11.6.